The van der Waals surface area contributed by atoms with Crippen molar-refractivity contribution in [3.63, 3.8) is 0 Å². The number of aryl methyl sites for hydroxylation is 1. The van der Waals surface area contributed by atoms with Gasteiger partial charge in [-0.05, 0) is 6.42 Å². The molecule has 6 heteroatoms. The number of nitrogens with zero attached hydrogens (tertiary/aromatic N) is 2. The van der Waals surface area contributed by atoms with Crippen molar-refractivity contribution in [1.82, 2.24) is 14.7 Å². The predicted molar refractivity (Wildman–Crippen MR) is 65.7 cm³/mol. The van der Waals surface area contributed by atoms with Crippen molar-refractivity contribution in [2.45, 2.75) is 33.1 Å². The standard InChI is InChI=1S/C10H18N4OS/c1-3-6-11-9(15)5-7-12-10-13-8(4-2)14-16-10/h3-7H2,1-2H3,(H,11,15)(H,12,13,14). The molecule has 0 radical (unpaired) electrons. The number of amides is 1. The third-order valence-electron chi connectivity index (χ3n) is 1.98. The van der Waals surface area contributed by atoms with Crippen LogP contribution >= 0.6 is 11.5 Å². The highest BCUT2D eigenvalue weighted by atomic mass is 32.1. The van der Waals surface area contributed by atoms with Crippen LogP contribution in [-0.4, -0.2) is 28.4 Å². The van der Waals surface area contributed by atoms with Gasteiger partial charge in [0.25, 0.3) is 0 Å². The fourth-order valence-corrected chi connectivity index (χ4v) is 1.78. The summed E-state index contributed by atoms with van der Waals surface area (Å²) in [4.78, 5) is 15.5. The number of aromatic nitrogens is 2. The van der Waals surface area contributed by atoms with Crippen LogP contribution in [0.15, 0.2) is 0 Å². The lowest BCUT2D eigenvalue weighted by atomic mass is 10.4. The maximum Gasteiger partial charge on any atom is 0.221 e. The van der Waals surface area contributed by atoms with Crippen LogP contribution in [0.4, 0.5) is 5.13 Å². The van der Waals surface area contributed by atoms with Gasteiger partial charge in [0.15, 0.2) is 0 Å². The van der Waals surface area contributed by atoms with Crippen molar-refractivity contribution in [2.24, 2.45) is 0 Å². The lowest BCUT2D eigenvalue weighted by Gasteiger charge is -2.03. The molecule has 1 aromatic rings. The summed E-state index contributed by atoms with van der Waals surface area (Å²) in [6.45, 7) is 5.40. The molecule has 0 atom stereocenters. The van der Waals surface area contributed by atoms with E-state index in [1.54, 1.807) is 0 Å². The van der Waals surface area contributed by atoms with E-state index in [0.717, 1.165) is 30.3 Å². The van der Waals surface area contributed by atoms with E-state index in [4.69, 9.17) is 0 Å². The van der Waals surface area contributed by atoms with Crippen molar-refractivity contribution in [3.8, 4) is 0 Å². The van der Waals surface area contributed by atoms with Gasteiger partial charge in [0.05, 0.1) is 0 Å². The van der Waals surface area contributed by atoms with Crippen LogP contribution in [0.25, 0.3) is 0 Å². The normalized spacial score (nSPS) is 10.1. The molecule has 0 bridgehead atoms. The van der Waals surface area contributed by atoms with Gasteiger partial charge < -0.3 is 10.6 Å². The largest absolute Gasteiger partial charge is 0.360 e. The van der Waals surface area contributed by atoms with Gasteiger partial charge in [-0.1, -0.05) is 13.8 Å². The Kier molecular flexibility index (Phi) is 5.77. The molecule has 0 aliphatic rings. The minimum Gasteiger partial charge on any atom is -0.360 e. The average Bonchev–Trinajstić information content (AvgIpc) is 2.74. The number of rotatable bonds is 7. The van der Waals surface area contributed by atoms with Crippen LogP contribution in [-0.2, 0) is 11.2 Å². The zero-order valence-electron chi connectivity index (χ0n) is 9.75. The molecule has 2 N–H and O–H groups in total. The van der Waals surface area contributed by atoms with Crippen LogP contribution in [0.5, 0.6) is 0 Å². The molecule has 1 rings (SSSR count). The monoisotopic (exact) mass is 242 g/mol. The summed E-state index contributed by atoms with van der Waals surface area (Å²) in [6, 6.07) is 0. The molecule has 0 aliphatic carbocycles. The van der Waals surface area contributed by atoms with Crippen LogP contribution < -0.4 is 10.6 Å². The highest BCUT2D eigenvalue weighted by Crippen LogP contribution is 2.10. The van der Waals surface area contributed by atoms with Crippen molar-refractivity contribution in [2.75, 3.05) is 18.4 Å². The predicted octanol–water partition coefficient (Wildman–Crippen LogP) is 1.43. The average molecular weight is 242 g/mol. The van der Waals surface area contributed by atoms with Gasteiger partial charge in [-0.3, -0.25) is 4.79 Å². The third-order valence-corrected chi connectivity index (χ3v) is 2.70. The maximum absolute atomic E-state index is 11.3. The number of nitrogens with one attached hydrogen (secondary N) is 2. The van der Waals surface area contributed by atoms with E-state index in [1.165, 1.54) is 11.5 Å². The first-order valence-electron chi connectivity index (χ1n) is 5.59. The van der Waals surface area contributed by atoms with Crippen molar-refractivity contribution in [1.29, 1.82) is 0 Å². The Morgan fingerprint density at radius 2 is 2.19 bits per heavy atom. The summed E-state index contributed by atoms with van der Waals surface area (Å²) < 4.78 is 4.15. The molecule has 0 fully saturated rings. The van der Waals surface area contributed by atoms with E-state index in [0.29, 0.717) is 13.0 Å². The number of hydrogen-bond donors (Lipinski definition) is 2. The lowest BCUT2D eigenvalue weighted by Crippen LogP contribution is -2.25. The molecule has 5 nitrogen and oxygen atoms in total. The summed E-state index contributed by atoms with van der Waals surface area (Å²) >= 11 is 1.34. The van der Waals surface area contributed by atoms with Crippen LogP contribution in [0.2, 0.25) is 0 Å². The molecule has 0 aromatic carbocycles. The number of carbonyl (C=O) groups is 1. The summed E-state index contributed by atoms with van der Waals surface area (Å²) in [5.41, 5.74) is 0. The van der Waals surface area contributed by atoms with E-state index in [2.05, 4.69) is 20.0 Å². The molecule has 1 amide bonds. The summed E-state index contributed by atoms with van der Waals surface area (Å²) in [5.74, 6) is 0.928. The first kappa shape index (κ1) is 12.9. The van der Waals surface area contributed by atoms with Gasteiger partial charge in [-0.2, -0.15) is 4.37 Å². The van der Waals surface area contributed by atoms with E-state index in [1.807, 2.05) is 13.8 Å². The Morgan fingerprint density at radius 3 is 2.81 bits per heavy atom. The zero-order valence-corrected chi connectivity index (χ0v) is 10.6. The second-order valence-corrected chi connectivity index (χ2v) is 4.15. The van der Waals surface area contributed by atoms with Gasteiger partial charge in [-0.15, -0.1) is 0 Å². The molecule has 1 heterocycles. The van der Waals surface area contributed by atoms with Gasteiger partial charge in [0.1, 0.15) is 5.82 Å². The Labute approximate surface area is 99.8 Å². The van der Waals surface area contributed by atoms with E-state index >= 15 is 0 Å². The molecule has 16 heavy (non-hydrogen) atoms. The quantitative estimate of drug-likeness (QED) is 0.759. The number of anilines is 1. The van der Waals surface area contributed by atoms with E-state index in [9.17, 15) is 4.79 Å². The number of hydrogen-bond acceptors (Lipinski definition) is 5. The van der Waals surface area contributed by atoms with Gasteiger partial charge in [0.2, 0.25) is 11.0 Å². The fourth-order valence-electron chi connectivity index (χ4n) is 1.11. The maximum atomic E-state index is 11.3. The Hall–Kier alpha value is -1.17. The minimum atomic E-state index is 0.0783. The zero-order chi connectivity index (χ0) is 11.8. The molecule has 1 aromatic heterocycles. The molecule has 0 saturated carbocycles. The van der Waals surface area contributed by atoms with Crippen LogP contribution in [0.1, 0.15) is 32.5 Å². The highest BCUT2D eigenvalue weighted by molar-refractivity contribution is 7.09. The van der Waals surface area contributed by atoms with Crippen molar-refractivity contribution >= 4 is 22.6 Å². The smallest absolute Gasteiger partial charge is 0.221 e. The SMILES string of the molecule is CCCNC(=O)CCNc1nc(CC)ns1. The van der Waals surface area contributed by atoms with Gasteiger partial charge in [-0.25, -0.2) is 4.98 Å². The highest BCUT2D eigenvalue weighted by Gasteiger charge is 2.03. The topological polar surface area (TPSA) is 66.9 Å². The molecule has 0 aliphatic heterocycles. The molecule has 0 unspecified atom stereocenters. The van der Waals surface area contributed by atoms with Crippen LogP contribution in [0, 0.1) is 0 Å². The molecular weight excluding hydrogens is 224 g/mol. The minimum absolute atomic E-state index is 0.0783. The molecule has 90 valence electrons. The first-order chi connectivity index (χ1) is 7.76. The summed E-state index contributed by atoms with van der Waals surface area (Å²) in [6.07, 6.45) is 2.28. The molecule has 0 saturated heterocycles. The molecule has 0 spiro atoms. The van der Waals surface area contributed by atoms with Crippen molar-refractivity contribution in [3.05, 3.63) is 5.82 Å². The van der Waals surface area contributed by atoms with Gasteiger partial charge >= 0.3 is 0 Å². The van der Waals surface area contributed by atoms with E-state index < -0.39 is 0 Å². The summed E-state index contributed by atoms with van der Waals surface area (Å²) in [5, 5.41) is 6.71. The third kappa shape index (κ3) is 4.57. The fraction of sp³-hybridized carbons (Fsp3) is 0.700. The summed E-state index contributed by atoms with van der Waals surface area (Å²) in [7, 11) is 0. The Bertz CT molecular complexity index is 326. The van der Waals surface area contributed by atoms with Gasteiger partial charge in [0, 0.05) is 37.5 Å². The second kappa shape index (κ2) is 7.16. The van der Waals surface area contributed by atoms with Crippen LogP contribution in [0.3, 0.4) is 0 Å². The van der Waals surface area contributed by atoms with E-state index in [-0.39, 0.29) is 5.91 Å². The Balaban J connectivity index is 2.17. The lowest BCUT2D eigenvalue weighted by molar-refractivity contribution is -0.120. The number of carbonyl (C=O) groups excluding carboxylic acids is 1. The first-order valence-corrected chi connectivity index (χ1v) is 6.36. The molecular formula is C10H18N4OS. The second-order valence-electron chi connectivity index (χ2n) is 3.40. The van der Waals surface area contributed by atoms with Crippen molar-refractivity contribution < 1.29 is 4.79 Å². The Morgan fingerprint density at radius 1 is 1.38 bits per heavy atom.